The molecule has 1 aromatic carbocycles. The van der Waals surface area contributed by atoms with Crippen LogP contribution >= 0.6 is 0 Å². The third kappa shape index (κ3) is 2.65. The molecule has 1 aliphatic carbocycles. The first-order valence-electron chi connectivity index (χ1n) is 9.78. The van der Waals surface area contributed by atoms with Crippen LogP contribution in [-0.2, 0) is 24.1 Å². The summed E-state index contributed by atoms with van der Waals surface area (Å²) in [6, 6.07) is 2.20. The van der Waals surface area contributed by atoms with Crippen molar-refractivity contribution < 1.29 is 13.9 Å². The van der Waals surface area contributed by atoms with Crippen molar-refractivity contribution >= 4 is 11.0 Å². The summed E-state index contributed by atoms with van der Waals surface area (Å²) in [7, 11) is 0. The first-order chi connectivity index (χ1) is 12.7. The highest BCUT2D eigenvalue weighted by molar-refractivity contribution is 5.87. The number of nitrogens with zero attached hydrogens (tertiary/aromatic N) is 1. The molecule has 5 heteroatoms. The van der Waals surface area contributed by atoms with E-state index in [1.54, 1.807) is 0 Å². The van der Waals surface area contributed by atoms with Crippen LogP contribution in [0.15, 0.2) is 15.3 Å². The second-order valence-electron chi connectivity index (χ2n) is 7.84. The number of hydrogen-bond acceptors (Lipinski definition) is 5. The molecule has 1 aromatic heterocycles. The maximum absolute atomic E-state index is 12.4. The van der Waals surface area contributed by atoms with Gasteiger partial charge in [-0.15, -0.1) is 0 Å². The number of ether oxygens (including phenoxy) is 2. The maximum Gasteiger partial charge on any atom is 0.339 e. The summed E-state index contributed by atoms with van der Waals surface area (Å²) in [5.74, 6) is 0.889. The summed E-state index contributed by atoms with van der Waals surface area (Å²) in [4.78, 5) is 14.7. The zero-order valence-electron chi connectivity index (χ0n) is 15.3. The number of hydrogen-bond donors (Lipinski definition) is 0. The predicted octanol–water partition coefficient (Wildman–Crippen LogP) is 3.31. The summed E-state index contributed by atoms with van der Waals surface area (Å²) >= 11 is 0. The van der Waals surface area contributed by atoms with E-state index >= 15 is 0 Å². The van der Waals surface area contributed by atoms with E-state index in [0.717, 1.165) is 80.5 Å². The molecule has 2 aromatic rings. The van der Waals surface area contributed by atoms with E-state index in [9.17, 15) is 4.79 Å². The smallest absolute Gasteiger partial charge is 0.339 e. The van der Waals surface area contributed by atoms with Gasteiger partial charge in [-0.25, -0.2) is 4.79 Å². The summed E-state index contributed by atoms with van der Waals surface area (Å²) in [6.45, 7) is 5.23. The van der Waals surface area contributed by atoms with Crippen molar-refractivity contribution in [3.05, 3.63) is 38.7 Å². The van der Waals surface area contributed by atoms with Crippen LogP contribution in [0, 0.1) is 6.92 Å². The lowest BCUT2D eigenvalue weighted by Gasteiger charge is -2.32. The molecule has 3 aliphatic rings. The van der Waals surface area contributed by atoms with Gasteiger partial charge in [-0.1, -0.05) is 0 Å². The number of rotatable bonds is 2. The van der Waals surface area contributed by atoms with Crippen LogP contribution < -0.4 is 10.4 Å². The van der Waals surface area contributed by atoms with Crippen LogP contribution in [0.4, 0.5) is 0 Å². The Balaban J connectivity index is 1.56. The van der Waals surface area contributed by atoms with E-state index < -0.39 is 0 Å². The normalized spacial score (nSPS) is 22.9. The Morgan fingerprint density at radius 1 is 1.19 bits per heavy atom. The van der Waals surface area contributed by atoms with Gasteiger partial charge in [-0.2, -0.15) is 0 Å². The first kappa shape index (κ1) is 16.3. The number of fused-ring (bicyclic) bond motifs is 4. The summed E-state index contributed by atoms with van der Waals surface area (Å²) in [5.41, 5.74) is 4.79. The second kappa shape index (κ2) is 6.39. The van der Waals surface area contributed by atoms with Crippen LogP contribution in [0.5, 0.6) is 5.75 Å². The maximum atomic E-state index is 12.4. The first-order valence-corrected chi connectivity index (χ1v) is 9.78. The van der Waals surface area contributed by atoms with Crippen LogP contribution in [-0.4, -0.2) is 30.9 Å². The number of benzene rings is 1. The van der Waals surface area contributed by atoms with Crippen LogP contribution in [0.1, 0.15) is 47.9 Å². The SMILES string of the molecule is Cc1c2c(cc3c4c(c(=O)oc13)CCCC4)CN(C[C@H]1CCCO1)CO2. The molecule has 2 aliphatic heterocycles. The standard InChI is InChI=1S/C21H25NO4/c1-13-19-14(10-22(12-25-19)11-15-5-4-8-24-15)9-18-16-6-2-3-7-17(16)21(23)26-20(13)18/h9,15H,2-8,10-12H2,1H3/t15-/m1/s1. The molecule has 0 N–H and O–H groups in total. The van der Waals surface area contributed by atoms with Gasteiger partial charge in [-0.3, -0.25) is 4.90 Å². The summed E-state index contributed by atoms with van der Waals surface area (Å²) < 4.78 is 17.6. The van der Waals surface area contributed by atoms with Crippen LogP contribution in [0.2, 0.25) is 0 Å². The Bertz CT molecular complexity index is 911. The van der Waals surface area contributed by atoms with E-state index in [-0.39, 0.29) is 5.63 Å². The lowest BCUT2D eigenvalue weighted by atomic mass is 9.89. The highest BCUT2D eigenvalue weighted by atomic mass is 16.5. The van der Waals surface area contributed by atoms with Crippen molar-refractivity contribution in [2.24, 2.45) is 0 Å². The highest BCUT2D eigenvalue weighted by Gasteiger charge is 2.27. The molecule has 0 saturated carbocycles. The monoisotopic (exact) mass is 355 g/mol. The largest absolute Gasteiger partial charge is 0.477 e. The van der Waals surface area contributed by atoms with Gasteiger partial charge in [0.25, 0.3) is 0 Å². The molecular formula is C21H25NO4. The fourth-order valence-corrected chi connectivity index (χ4v) is 4.74. The molecular weight excluding hydrogens is 330 g/mol. The van der Waals surface area contributed by atoms with Crippen LogP contribution in [0.3, 0.4) is 0 Å². The zero-order chi connectivity index (χ0) is 17.7. The fourth-order valence-electron chi connectivity index (χ4n) is 4.74. The highest BCUT2D eigenvalue weighted by Crippen LogP contribution is 2.37. The second-order valence-corrected chi connectivity index (χ2v) is 7.84. The average Bonchev–Trinajstić information content (AvgIpc) is 3.16. The van der Waals surface area contributed by atoms with Gasteiger partial charge >= 0.3 is 5.63 Å². The van der Waals surface area contributed by atoms with E-state index in [0.29, 0.717) is 18.4 Å². The third-order valence-electron chi connectivity index (χ3n) is 6.04. The lowest BCUT2D eigenvalue weighted by molar-refractivity contribution is 0.0277. The van der Waals surface area contributed by atoms with Gasteiger partial charge in [0.1, 0.15) is 18.1 Å². The molecule has 3 heterocycles. The number of aryl methyl sites for hydroxylation is 2. The lowest BCUT2D eigenvalue weighted by Crippen LogP contribution is -2.37. The van der Waals surface area contributed by atoms with Crippen molar-refractivity contribution in [1.29, 1.82) is 0 Å². The van der Waals surface area contributed by atoms with E-state index in [4.69, 9.17) is 13.9 Å². The third-order valence-corrected chi connectivity index (χ3v) is 6.04. The molecule has 0 radical (unpaired) electrons. The molecule has 5 rings (SSSR count). The molecule has 0 amide bonds. The van der Waals surface area contributed by atoms with Crippen molar-refractivity contribution in [2.75, 3.05) is 19.9 Å². The Hall–Kier alpha value is -1.85. The average molecular weight is 355 g/mol. The van der Waals surface area contributed by atoms with Gasteiger partial charge in [0.2, 0.25) is 0 Å². The molecule has 1 atom stereocenters. The Labute approximate surface area is 152 Å². The predicted molar refractivity (Wildman–Crippen MR) is 98.7 cm³/mol. The Morgan fingerprint density at radius 3 is 2.85 bits per heavy atom. The van der Waals surface area contributed by atoms with Gasteiger partial charge in [0.15, 0.2) is 0 Å². The molecule has 1 saturated heterocycles. The topological polar surface area (TPSA) is 51.9 Å². The quantitative estimate of drug-likeness (QED) is 0.774. The van der Waals surface area contributed by atoms with Gasteiger partial charge in [-0.05, 0) is 57.1 Å². The molecule has 0 spiro atoms. The van der Waals surface area contributed by atoms with Gasteiger partial charge < -0.3 is 13.9 Å². The van der Waals surface area contributed by atoms with E-state index in [1.165, 1.54) is 11.1 Å². The molecule has 0 unspecified atom stereocenters. The zero-order valence-corrected chi connectivity index (χ0v) is 15.3. The fraction of sp³-hybridized carbons (Fsp3) is 0.571. The Morgan fingerprint density at radius 2 is 2.04 bits per heavy atom. The minimum absolute atomic E-state index is 0.161. The molecule has 0 bridgehead atoms. The van der Waals surface area contributed by atoms with E-state index in [1.807, 2.05) is 6.92 Å². The van der Waals surface area contributed by atoms with Crippen molar-refractivity contribution in [1.82, 2.24) is 4.90 Å². The van der Waals surface area contributed by atoms with Crippen molar-refractivity contribution in [3.63, 3.8) is 0 Å². The summed E-state index contributed by atoms with van der Waals surface area (Å²) in [6.07, 6.45) is 6.65. The molecule has 26 heavy (non-hydrogen) atoms. The van der Waals surface area contributed by atoms with Crippen molar-refractivity contribution in [2.45, 2.75) is 58.1 Å². The van der Waals surface area contributed by atoms with E-state index in [2.05, 4.69) is 11.0 Å². The Kier molecular flexibility index (Phi) is 4.02. The molecule has 138 valence electrons. The molecule has 1 fully saturated rings. The minimum atomic E-state index is -0.161. The van der Waals surface area contributed by atoms with Gasteiger partial charge in [0, 0.05) is 41.8 Å². The minimum Gasteiger partial charge on any atom is -0.477 e. The van der Waals surface area contributed by atoms with Crippen molar-refractivity contribution in [3.8, 4) is 5.75 Å². The molecule has 5 nitrogen and oxygen atoms in total. The summed E-state index contributed by atoms with van der Waals surface area (Å²) in [5, 5.41) is 1.11. The van der Waals surface area contributed by atoms with Gasteiger partial charge in [0.05, 0.1) is 6.10 Å². The van der Waals surface area contributed by atoms with Crippen LogP contribution in [0.25, 0.3) is 11.0 Å².